The van der Waals surface area contributed by atoms with E-state index >= 15 is 0 Å². The first-order valence-corrected chi connectivity index (χ1v) is 11.7. The summed E-state index contributed by atoms with van der Waals surface area (Å²) in [6.45, 7) is 7.83. The number of rotatable bonds is 7. The highest BCUT2D eigenvalue weighted by molar-refractivity contribution is 5.97. The van der Waals surface area contributed by atoms with Crippen LogP contribution in [-0.4, -0.2) is 71.5 Å². The second-order valence-electron chi connectivity index (χ2n) is 9.13. The Labute approximate surface area is 200 Å². The summed E-state index contributed by atoms with van der Waals surface area (Å²) in [5.74, 6) is 1.73. The van der Waals surface area contributed by atoms with Gasteiger partial charge in [0.15, 0.2) is 11.5 Å². The van der Waals surface area contributed by atoms with Gasteiger partial charge in [-0.25, -0.2) is 4.98 Å². The van der Waals surface area contributed by atoms with Crippen molar-refractivity contribution in [1.29, 1.82) is 0 Å². The van der Waals surface area contributed by atoms with Crippen molar-refractivity contribution in [3.8, 4) is 17.4 Å². The zero-order valence-electron chi connectivity index (χ0n) is 20.2. The highest BCUT2D eigenvalue weighted by Gasteiger charge is 2.34. The standard InChI is InChI=1S/C26H33N3O5/c1-5-6-19-9-21-25(27-11-19)34-24(17(2)12-29(26(21)31)18(3)15-30)14-28(4)13-20-7-8-22-23(10-20)33-16-32-22/h5-11,17-18,24,30H,12-16H2,1-4H3/t17-,18-,24-/m0/s1. The lowest BCUT2D eigenvalue weighted by molar-refractivity contribution is 0.0325. The first-order chi connectivity index (χ1) is 16.4. The molecule has 1 aromatic heterocycles. The Bertz CT molecular complexity index is 1060. The zero-order chi connectivity index (χ0) is 24.2. The van der Waals surface area contributed by atoms with Crippen molar-refractivity contribution in [2.24, 2.45) is 5.92 Å². The third-order valence-electron chi connectivity index (χ3n) is 6.28. The van der Waals surface area contributed by atoms with Gasteiger partial charge in [-0.3, -0.25) is 9.69 Å². The molecule has 3 atom stereocenters. The first-order valence-electron chi connectivity index (χ1n) is 11.7. The lowest BCUT2D eigenvalue weighted by Crippen LogP contribution is -2.49. The predicted molar refractivity (Wildman–Crippen MR) is 129 cm³/mol. The molecule has 4 rings (SSSR count). The van der Waals surface area contributed by atoms with E-state index in [1.54, 1.807) is 11.1 Å². The monoisotopic (exact) mass is 467 g/mol. The molecular formula is C26H33N3O5. The molecule has 182 valence electrons. The van der Waals surface area contributed by atoms with E-state index in [4.69, 9.17) is 14.2 Å². The van der Waals surface area contributed by atoms with Crippen molar-refractivity contribution in [2.45, 2.75) is 39.5 Å². The quantitative estimate of drug-likeness (QED) is 0.669. The highest BCUT2D eigenvalue weighted by atomic mass is 16.7. The molecular weight excluding hydrogens is 434 g/mol. The number of carbonyl (C=O) groups is 1. The maximum atomic E-state index is 13.4. The van der Waals surface area contributed by atoms with Crippen LogP contribution in [0.1, 0.15) is 42.3 Å². The number of hydrogen-bond acceptors (Lipinski definition) is 7. The zero-order valence-corrected chi connectivity index (χ0v) is 20.2. The molecule has 0 bridgehead atoms. The van der Waals surface area contributed by atoms with E-state index in [2.05, 4.69) is 16.8 Å². The maximum absolute atomic E-state index is 13.4. The summed E-state index contributed by atoms with van der Waals surface area (Å²) in [5.41, 5.74) is 2.37. The van der Waals surface area contributed by atoms with Crippen LogP contribution in [0.3, 0.4) is 0 Å². The van der Waals surface area contributed by atoms with Crippen LogP contribution < -0.4 is 14.2 Å². The van der Waals surface area contributed by atoms with Crippen molar-refractivity contribution >= 4 is 12.0 Å². The van der Waals surface area contributed by atoms with Crippen LogP contribution in [0, 0.1) is 5.92 Å². The second kappa shape index (κ2) is 10.4. The smallest absolute Gasteiger partial charge is 0.259 e. The molecule has 0 spiro atoms. The number of fused-ring (bicyclic) bond motifs is 2. The molecule has 0 radical (unpaired) electrons. The van der Waals surface area contributed by atoms with E-state index < -0.39 is 0 Å². The summed E-state index contributed by atoms with van der Waals surface area (Å²) >= 11 is 0. The largest absolute Gasteiger partial charge is 0.472 e. The highest BCUT2D eigenvalue weighted by Crippen LogP contribution is 2.33. The topological polar surface area (TPSA) is 84.4 Å². The first kappa shape index (κ1) is 24.0. The average Bonchev–Trinajstić information content (AvgIpc) is 3.29. The fraction of sp³-hybridized carbons (Fsp3) is 0.462. The van der Waals surface area contributed by atoms with Crippen molar-refractivity contribution < 1.29 is 24.1 Å². The molecule has 3 heterocycles. The number of aliphatic hydroxyl groups is 1. The lowest BCUT2D eigenvalue weighted by atomic mass is 9.99. The van der Waals surface area contributed by atoms with Gasteiger partial charge in [0.2, 0.25) is 12.7 Å². The predicted octanol–water partition coefficient (Wildman–Crippen LogP) is 3.20. The molecule has 0 unspecified atom stereocenters. The molecule has 2 aromatic rings. The van der Waals surface area contributed by atoms with E-state index in [0.29, 0.717) is 31.1 Å². The molecule has 34 heavy (non-hydrogen) atoms. The number of amides is 1. The molecule has 1 amide bonds. The van der Waals surface area contributed by atoms with E-state index in [0.717, 1.165) is 22.6 Å². The Kier molecular flexibility index (Phi) is 7.38. The molecule has 1 N–H and O–H groups in total. The second-order valence-corrected chi connectivity index (χ2v) is 9.13. The molecule has 2 aliphatic rings. The minimum Gasteiger partial charge on any atom is -0.472 e. The molecule has 0 saturated carbocycles. The van der Waals surface area contributed by atoms with E-state index in [1.165, 1.54) is 0 Å². The number of hydrogen-bond donors (Lipinski definition) is 1. The summed E-state index contributed by atoms with van der Waals surface area (Å²) in [4.78, 5) is 21.8. The number of likely N-dealkylation sites (N-methyl/N-ethyl adjacent to an activating group) is 1. The number of aromatic nitrogens is 1. The molecule has 8 heteroatoms. The Balaban J connectivity index is 1.57. The van der Waals surface area contributed by atoms with E-state index in [-0.39, 0.29) is 37.4 Å². The lowest BCUT2D eigenvalue weighted by Gasteiger charge is -2.37. The minimum atomic E-state index is -0.307. The van der Waals surface area contributed by atoms with Gasteiger partial charge in [-0.15, -0.1) is 0 Å². The summed E-state index contributed by atoms with van der Waals surface area (Å²) in [6.07, 6.45) is 5.32. The van der Waals surface area contributed by atoms with Crippen molar-refractivity contribution in [1.82, 2.24) is 14.8 Å². The van der Waals surface area contributed by atoms with E-state index in [1.807, 2.05) is 57.3 Å². The van der Waals surface area contributed by atoms with Gasteiger partial charge < -0.3 is 24.2 Å². The van der Waals surface area contributed by atoms with Gasteiger partial charge in [0.05, 0.1) is 12.6 Å². The fourth-order valence-electron chi connectivity index (χ4n) is 4.34. The Morgan fingerprint density at radius 3 is 2.85 bits per heavy atom. The van der Waals surface area contributed by atoms with Crippen LogP contribution in [0.25, 0.3) is 6.08 Å². The molecule has 2 aliphatic heterocycles. The minimum absolute atomic E-state index is 0.0299. The number of pyridine rings is 1. The molecule has 0 fully saturated rings. The van der Waals surface area contributed by atoms with Gasteiger partial charge in [-0.05, 0) is 50.2 Å². The van der Waals surface area contributed by atoms with Crippen molar-refractivity contribution in [3.63, 3.8) is 0 Å². The Morgan fingerprint density at radius 2 is 2.09 bits per heavy atom. The van der Waals surface area contributed by atoms with Crippen LogP contribution in [0.5, 0.6) is 17.4 Å². The fourth-order valence-corrected chi connectivity index (χ4v) is 4.34. The number of nitrogens with zero attached hydrogens (tertiary/aromatic N) is 3. The van der Waals surface area contributed by atoms with Crippen LogP contribution in [0.2, 0.25) is 0 Å². The molecule has 8 nitrogen and oxygen atoms in total. The SMILES string of the molecule is CC=Cc1cnc2c(c1)C(=O)N([C@@H](C)CO)C[C@H](C)[C@H](CN(C)Cc1ccc3c(c1)OCO3)O2. The number of carbonyl (C=O) groups excluding carboxylic acids is 1. The van der Waals surface area contributed by atoms with Crippen LogP contribution in [0.4, 0.5) is 0 Å². The van der Waals surface area contributed by atoms with Gasteiger partial charge >= 0.3 is 0 Å². The Hall–Kier alpha value is -3.10. The average molecular weight is 468 g/mol. The van der Waals surface area contributed by atoms with Gasteiger partial charge in [0.25, 0.3) is 5.91 Å². The van der Waals surface area contributed by atoms with Gasteiger partial charge in [-0.2, -0.15) is 0 Å². The number of benzene rings is 1. The summed E-state index contributed by atoms with van der Waals surface area (Å²) in [7, 11) is 2.04. The number of aliphatic hydroxyl groups excluding tert-OH is 1. The Morgan fingerprint density at radius 1 is 1.29 bits per heavy atom. The number of allylic oxidation sites excluding steroid dienone is 1. The third-order valence-corrected chi connectivity index (χ3v) is 6.28. The van der Waals surface area contributed by atoms with Gasteiger partial charge in [0, 0.05) is 31.7 Å². The normalized spacial score (nSPS) is 20.8. The summed E-state index contributed by atoms with van der Waals surface area (Å²) in [5, 5.41) is 9.80. The van der Waals surface area contributed by atoms with E-state index in [9.17, 15) is 9.90 Å². The van der Waals surface area contributed by atoms with Crippen LogP contribution in [0.15, 0.2) is 36.5 Å². The summed E-state index contributed by atoms with van der Waals surface area (Å²) in [6, 6.07) is 7.48. The van der Waals surface area contributed by atoms with Crippen LogP contribution >= 0.6 is 0 Å². The number of ether oxygens (including phenoxy) is 3. The molecule has 0 saturated heterocycles. The van der Waals surface area contributed by atoms with Crippen LogP contribution in [-0.2, 0) is 6.54 Å². The van der Waals surface area contributed by atoms with Gasteiger partial charge in [-0.1, -0.05) is 25.1 Å². The molecule has 0 aliphatic carbocycles. The van der Waals surface area contributed by atoms with Crippen molar-refractivity contribution in [2.75, 3.05) is 33.5 Å². The van der Waals surface area contributed by atoms with Gasteiger partial charge in [0.1, 0.15) is 11.7 Å². The van der Waals surface area contributed by atoms with Crippen molar-refractivity contribution in [3.05, 3.63) is 53.2 Å². The maximum Gasteiger partial charge on any atom is 0.259 e. The summed E-state index contributed by atoms with van der Waals surface area (Å²) < 4.78 is 17.3. The molecule has 1 aromatic carbocycles. The third kappa shape index (κ3) is 5.18.